The number of para-hydroxylation sites is 1. The zero-order valence-electron chi connectivity index (χ0n) is 15.1. The van der Waals surface area contributed by atoms with Crippen molar-refractivity contribution in [2.75, 3.05) is 11.9 Å². The minimum absolute atomic E-state index is 0.0714. The lowest BCUT2D eigenvalue weighted by Crippen LogP contribution is -2.12. The van der Waals surface area contributed by atoms with Gasteiger partial charge in [-0.05, 0) is 31.0 Å². The van der Waals surface area contributed by atoms with E-state index in [1.165, 1.54) is 22.5 Å². The SMILES string of the molecule is Cc1ccc(CSc2nnc(NC(=O)CCCOc3ccccc3)s2)cc1. The van der Waals surface area contributed by atoms with E-state index in [-0.39, 0.29) is 5.91 Å². The summed E-state index contributed by atoms with van der Waals surface area (Å²) in [4.78, 5) is 12.0. The van der Waals surface area contributed by atoms with Gasteiger partial charge in [0.2, 0.25) is 11.0 Å². The van der Waals surface area contributed by atoms with E-state index in [0.29, 0.717) is 24.6 Å². The molecule has 1 N–H and O–H groups in total. The first-order chi connectivity index (χ1) is 13.2. The number of amides is 1. The molecule has 2 aromatic carbocycles. The molecule has 140 valence electrons. The van der Waals surface area contributed by atoms with E-state index in [4.69, 9.17) is 4.74 Å². The van der Waals surface area contributed by atoms with Gasteiger partial charge in [0, 0.05) is 12.2 Å². The van der Waals surface area contributed by atoms with Crippen molar-refractivity contribution in [3.05, 3.63) is 65.7 Å². The Morgan fingerprint density at radius 3 is 2.67 bits per heavy atom. The van der Waals surface area contributed by atoms with Gasteiger partial charge in [-0.3, -0.25) is 4.79 Å². The van der Waals surface area contributed by atoms with Gasteiger partial charge in [0.15, 0.2) is 4.34 Å². The molecule has 27 heavy (non-hydrogen) atoms. The molecule has 0 aliphatic carbocycles. The number of nitrogens with one attached hydrogen (secondary N) is 1. The molecule has 0 spiro atoms. The molecule has 0 saturated carbocycles. The van der Waals surface area contributed by atoms with Gasteiger partial charge in [0.25, 0.3) is 0 Å². The molecule has 0 unspecified atom stereocenters. The summed E-state index contributed by atoms with van der Waals surface area (Å²) in [5, 5.41) is 11.5. The fraction of sp³-hybridized carbons (Fsp3) is 0.250. The number of aryl methyl sites for hydroxylation is 1. The van der Waals surface area contributed by atoms with Gasteiger partial charge in [-0.1, -0.05) is 71.1 Å². The first kappa shape index (κ1) is 19.4. The minimum atomic E-state index is -0.0714. The maximum Gasteiger partial charge on any atom is 0.226 e. The van der Waals surface area contributed by atoms with Crippen molar-refractivity contribution < 1.29 is 9.53 Å². The van der Waals surface area contributed by atoms with Crippen LogP contribution in [0.3, 0.4) is 0 Å². The smallest absolute Gasteiger partial charge is 0.226 e. The van der Waals surface area contributed by atoms with Crippen LogP contribution in [0, 0.1) is 6.92 Å². The number of benzene rings is 2. The van der Waals surface area contributed by atoms with Crippen molar-refractivity contribution >= 4 is 34.1 Å². The van der Waals surface area contributed by atoms with Crippen molar-refractivity contribution in [1.29, 1.82) is 0 Å². The second kappa shape index (κ2) is 10.1. The lowest BCUT2D eigenvalue weighted by Gasteiger charge is -2.05. The van der Waals surface area contributed by atoms with Gasteiger partial charge in [0.05, 0.1) is 6.61 Å². The highest BCUT2D eigenvalue weighted by Crippen LogP contribution is 2.28. The minimum Gasteiger partial charge on any atom is -0.494 e. The molecule has 0 aliphatic heterocycles. The molecule has 0 atom stereocenters. The maximum absolute atomic E-state index is 12.0. The normalized spacial score (nSPS) is 10.6. The Kier molecular flexibility index (Phi) is 7.24. The average Bonchev–Trinajstić information content (AvgIpc) is 3.13. The van der Waals surface area contributed by atoms with Crippen LogP contribution in [0.4, 0.5) is 5.13 Å². The van der Waals surface area contributed by atoms with Gasteiger partial charge in [-0.2, -0.15) is 0 Å². The summed E-state index contributed by atoms with van der Waals surface area (Å²) in [5.74, 6) is 1.58. The van der Waals surface area contributed by atoms with E-state index in [1.807, 2.05) is 30.3 Å². The molecule has 1 amide bonds. The lowest BCUT2D eigenvalue weighted by molar-refractivity contribution is -0.116. The number of carbonyl (C=O) groups excluding carboxylic acids is 1. The number of ether oxygens (including phenoxy) is 1. The largest absolute Gasteiger partial charge is 0.494 e. The summed E-state index contributed by atoms with van der Waals surface area (Å²) in [6.07, 6.45) is 1.03. The third-order valence-corrected chi connectivity index (χ3v) is 5.74. The van der Waals surface area contributed by atoms with E-state index in [9.17, 15) is 4.79 Å². The van der Waals surface area contributed by atoms with Crippen LogP contribution in [-0.2, 0) is 10.5 Å². The Bertz CT molecular complexity index is 851. The quantitative estimate of drug-likeness (QED) is 0.314. The molecular weight excluding hydrogens is 378 g/mol. The number of nitrogens with zero attached hydrogens (tertiary/aromatic N) is 2. The molecule has 3 aromatic rings. The van der Waals surface area contributed by atoms with Crippen molar-refractivity contribution in [3.63, 3.8) is 0 Å². The summed E-state index contributed by atoms with van der Waals surface area (Å²) in [6, 6.07) is 18.0. The van der Waals surface area contributed by atoms with Crippen LogP contribution in [0.25, 0.3) is 0 Å². The molecule has 0 fully saturated rings. The van der Waals surface area contributed by atoms with Gasteiger partial charge < -0.3 is 10.1 Å². The Balaban J connectivity index is 1.36. The summed E-state index contributed by atoms with van der Waals surface area (Å²) in [6.45, 7) is 2.58. The summed E-state index contributed by atoms with van der Waals surface area (Å²) >= 11 is 3.02. The zero-order chi connectivity index (χ0) is 18.9. The fourth-order valence-corrected chi connectivity index (χ4v) is 3.99. The predicted octanol–water partition coefficient (Wildman–Crippen LogP) is 4.94. The van der Waals surface area contributed by atoms with Gasteiger partial charge in [-0.15, -0.1) is 10.2 Å². The summed E-state index contributed by atoms with van der Waals surface area (Å²) in [5.41, 5.74) is 2.49. The van der Waals surface area contributed by atoms with E-state index in [2.05, 4.69) is 46.7 Å². The molecule has 5 nitrogen and oxygen atoms in total. The number of thioether (sulfide) groups is 1. The molecule has 3 rings (SSSR count). The Hall–Kier alpha value is -2.38. The monoisotopic (exact) mass is 399 g/mol. The van der Waals surface area contributed by atoms with Crippen LogP contribution in [0.5, 0.6) is 5.75 Å². The molecule has 1 aromatic heterocycles. The fourth-order valence-electron chi connectivity index (χ4n) is 2.27. The van der Waals surface area contributed by atoms with Crippen LogP contribution in [0.2, 0.25) is 0 Å². The molecule has 0 radical (unpaired) electrons. The van der Waals surface area contributed by atoms with E-state index in [1.54, 1.807) is 11.8 Å². The van der Waals surface area contributed by atoms with E-state index in [0.717, 1.165) is 15.8 Å². The van der Waals surface area contributed by atoms with Gasteiger partial charge in [-0.25, -0.2) is 0 Å². The Labute approximate surface area is 167 Å². The highest BCUT2D eigenvalue weighted by molar-refractivity contribution is 8.00. The molecule has 7 heteroatoms. The number of aromatic nitrogens is 2. The molecule has 1 heterocycles. The summed E-state index contributed by atoms with van der Waals surface area (Å²) in [7, 11) is 0. The molecule has 0 bridgehead atoms. The first-order valence-corrected chi connectivity index (χ1v) is 10.5. The number of rotatable bonds is 9. The molecular formula is C20H21N3O2S2. The number of carbonyl (C=O) groups is 1. The Morgan fingerprint density at radius 1 is 1.11 bits per heavy atom. The van der Waals surface area contributed by atoms with Gasteiger partial charge >= 0.3 is 0 Å². The maximum atomic E-state index is 12.0. The third-order valence-electron chi connectivity index (χ3n) is 3.70. The highest BCUT2D eigenvalue weighted by Gasteiger charge is 2.09. The van der Waals surface area contributed by atoms with Gasteiger partial charge in [0.1, 0.15) is 5.75 Å². The lowest BCUT2D eigenvalue weighted by atomic mass is 10.2. The standard InChI is InChI=1S/C20H21N3O2S2/c1-15-9-11-16(12-10-15)14-26-20-23-22-19(27-20)21-18(24)8-5-13-25-17-6-3-2-4-7-17/h2-4,6-7,9-12H,5,8,13-14H2,1H3,(H,21,22,24). The second-order valence-electron chi connectivity index (χ2n) is 5.96. The first-order valence-electron chi connectivity index (χ1n) is 8.68. The molecule has 0 saturated heterocycles. The van der Waals surface area contributed by atoms with Crippen LogP contribution >= 0.6 is 23.1 Å². The number of hydrogen-bond acceptors (Lipinski definition) is 6. The second-order valence-corrected chi connectivity index (χ2v) is 8.16. The highest BCUT2D eigenvalue weighted by atomic mass is 32.2. The van der Waals surface area contributed by atoms with E-state index < -0.39 is 0 Å². The van der Waals surface area contributed by atoms with Crippen molar-refractivity contribution in [3.8, 4) is 5.75 Å². The summed E-state index contributed by atoms with van der Waals surface area (Å²) < 4.78 is 6.43. The number of anilines is 1. The van der Waals surface area contributed by atoms with Crippen molar-refractivity contribution in [1.82, 2.24) is 10.2 Å². The predicted molar refractivity (Wildman–Crippen MR) is 110 cm³/mol. The van der Waals surface area contributed by atoms with Crippen LogP contribution in [0.15, 0.2) is 58.9 Å². The Morgan fingerprint density at radius 2 is 1.89 bits per heavy atom. The van der Waals surface area contributed by atoms with Crippen LogP contribution in [-0.4, -0.2) is 22.7 Å². The number of hydrogen-bond donors (Lipinski definition) is 1. The topological polar surface area (TPSA) is 64.1 Å². The van der Waals surface area contributed by atoms with Crippen LogP contribution < -0.4 is 10.1 Å². The van der Waals surface area contributed by atoms with Crippen molar-refractivity contribution in [2.45, 2.75) is 29.9 Å². The van der Waals surface area contributed by atoms with Crippen molar-refractivity contribution in [2.24, 2.45) is 0 Å². The zero-order valence-corrected chi connectivity index (χ0v) is 16.7. The average molecular weight is 400 g/mol. The van der Waals surface area contributed by atoms with E-state index >= 15 is 0 Å². The molecule has 0 aliphatic rings. The third kappa shape index (κ3) is 6.69. The van der Waals surface area contributed by atoms with Crippen LogP contribution in [0.1, 0.15) is 24.0 Å².